The highest BCUT2D eigenvalue weighted by Gasteiger charge is 2.14. The lowest BCUT2D eigenvalue weighted by Gasteiger charge is -2.10. The summed E-state index contributed by atoms with van der Waals surface area (Å²) in [6.45, 7) is 0.173. The van der Waals surface area contributed by atoms with Gasteiger partial charge in [-0.3, -0.25) is 0 Å². The normalized spacial score (nSPS) is 10.2. The highest BCUT2D eigenvalue weighted by Crippen LogP contribution is 2.26. The zero-order chi connectivity index (χ0) is 15.2. The van der Waals surface area contributed by atoms with E-state index in [2.05, 4.69) is 0 Å². The second kappa shape index (κ2) is 7.38. The van der Waals surface area contributed by atoms with Gasteiger partial charge in [0.05, 0.1) is 7.11 Å². The van der Waals surface area contributed by atoms with Crippen molar-refractivity contribution in [2.24, 2.45) is 0 Å². The Morgan fingerprint density at radius 2 is 2.05 bits per heavy atom. The first kappa shape index (κ1) is 15.7. The maximum atomic E-state index is 12.1. The van der Waals surface area contributed by atoms with Crippen LogP contribution in [0.4, 0.5) is 0 Å². The number of benzene rings is 2. The zero-order valence-corrected chi connectivity index (χ0v) is 13.3. The van der Waals surface area contributed by atoms with Gasteiger partial charge in [-0.15, -0.1) is 11.8 Å². The summed E-state index contributed by atoms with van der Waals surface area (Å²) in [5.41, 5.74) is 1.26. The van der Waals surface area contributed by atoms with E-state index in [9.17, 15) is 4.79 Å². The Balaban J connectivity index is 2.10. The first-order chi connectivity index (χ1) is 10.1. The van der Waals surface area contributed by atoms with Gasteiger partial charge >= 0.3 is 5.97 Å². The van der Waals surface area contributed by atoms with Gasteiger partial charge in [0.2, 0.25) is 0 Å². The Bertz CT molecular complexity index is 643. The predicted octanol–water partition coefficient (Wildman–Crippen LogP) is 4.43. The standard InChI is InChI=1S/C16H15ClO3S/c1-19-15-9-13(21-2)6-7-14(15)16(18)20-10-11-4-3-5-12(17)8-11/h3-9H,10H2,1-2H3. The fourth-order valence-electron chi connectivity index (χ4n) is 1.82. The Labute approximate surface area is 133 Å². The van der Waals surface area contributed by atoms with E-state index in [1.54, 1.807) is 30.0 Å². The average molecular weight is 323 g/mol. The van der Waals surface area contributed by atoms with Gasteiger partial charge in [0.1, 0.15) is 17.9 Å². The molecular formula is C16H15ClO3S. The molecule has 0 unspecified atom stereocenters. The van der Waals surface area contributed by atoms with Gasteiger partial charge in [-0.05, 0) is 42.2 Å². The van der Waals surface area contributed by atoms with E-state index in [0.717, 1.165) is 10.5 Å². The van der Waals surface area contributed by atoms with Crippen molar-refractivity contribution in [2.45, 2.75) is 11.5 Å². The first-order valence-corrected chi connectivity index (χ1v) is 7.88. The largest absolute Gasteiger partial charge is 0.496 e. The number of esters is 1. The Hall–Kier alpha value is -1.65. The molecule has 0 heterocycles. The summed E-state index contributed by atoms with van der Waals surface area (Å²) in [5, 5.41) is 0.616. The van der Waals surface area contributed by atoms with Crippen molar-refractivity contribution < 1.29 is 14.3 Å². The molecule has 0 bridgehead atoms. The van der Waals surface area contributed by atoms with Crippen LogP contribution in [0.3, 0.4) is 0 Å². The van der Waals surface area contributed by atoms with Crippen LogP contribution >= 0.6 is 23.4 Å². The van der Waals surface area contributed by atoms with E-state index in [0.29, 0.717) is 16.3 Å². The maximum Gasteiger partial charge on any atom is 0.342 e. The van der Waals surface area contributed by atoms with Crippen LogP contribution in [-0.4, -0.2) is 19.3 Å². The molecular weight excluding hydrogens is 308 g/mol. The van der Waals surface area contributed by atoms with Crippen molar-refractivity contribution >= 4 is 29.3 Å². The van der Waals surface area contributed by atoms with Crippen LogP contribution in [0.2, 0.25) is 5.02 Å². The maximum absolute atomic E-state index is 12.1. The van der Waals surface area contributed by atoms with Crippen LogP contribution in [0.15, 0.2) is 47.4 Å². The summed E-state index contributed by atoms with van der Waals surface area (Å²) < 4.78 is 10.5. The minimum absolute atomic E-state index is 0.173. The van der Waals surface area contributed by atoms with Crippen molar-refractivity contribution in [3.05, 3.63) is 58.6 Å². The molecule has 0 aliphatic rings. The van der Waals surface area contributed by atoms with Crippen molar-refractivity contribution in [3.63, 3.8) is 0 Å². The highest BCUT2D eigenvalue weighted by molar-refractivity contribution is 7.98. The molecule has 5 heteroatoms. The van der Waals surface area contributed by atoms with Gasteiger partial charge in [-0.1, -0.05) is 23.7 Å². The molecule has 0 aliphatic carbocycles. The molecule has 2 aromatic rings. The number of hydrogen-bond donors (Lipinski definition) is 0. The van der Waals surface area contributed by atoms with Crippen LogP contribution < -0.4 is 4.74 Å². The van der Waals surface area contributed by atoms with Crippen molar-refractivity contribution in [2.75, 3.05) is 13.4 Å². The smallest absolute Gasteiger partial charge is 0.342 e. The van der Waals surface area contributed by atoms with Crippen LogP contribution in [0.1, 0.15) is 15.9 Å². The van der Waals surface area contributed by atoms with Gasteiger partial charge in [0.25, 0.3) is 0 Å². The van der Waals surface area contributed by atoms with Crippen molar-refractivity contribution in [1.29, 1.82) is 0 Å². The van der Waals surface area contributed by atoms with Crippen LogP contribution in [0.25, 0.3) is 0 Å². The molecule has 2 rings (SSSR count). The summed E-state index contributed by atoms with van der Waals surface area (Å²) >= 11 is 7.48. The zero-order valence-electron chi connectivity index (χ0n) is 11.8. The fraction of sp³-hybridized carbons (Fsp3) is 0.188. The third kappa shape index (κ3) is 4.16. The van der Waals surface area contributed by atoms with E-state index in [-0.39, 0.29) is 6.61 Å². The SMILES string of the molecule is COc1cc(SC)ccc1C(=O)OCc1cccc(Cl)c1. The second-order valence-corrected chi connectivity index (χ2v) is 5.59. The van der Waals surface area contributed by atoms with Gasteiger partial charge in [0, 0.05) is 9.92 Å². The quantitative estimate of drug-likeness (QED) is 0.602. The molecule has 0 spiro atoms. The Morgan fingerprint density at radius 1 is 1.24 bits per heavy atom. The van der Waals surface area contributed by atoms with Crippen molar-refractivity contribution in [1.82, 2.24) is 0 Å². The molecule has 2 aromatic carbocycles. The fourth-order valence-corrected chi connectivity index (χ4v) is 2.46. The second-order valence-electron chi connectivity index (χ2n) is 4.27. The third-order valence-corrected chi connectivity index (χ3v) is 3.85. The minimum atomic E-state index is -0.417. The number of thioether (sulfide) groups is 1. The summed E-state index contributed by atoms with van der Waals surface area (Å²) in [6, 6.07) is 12.6. The summed E-state index contributed by atoms with van der Waals surface area (Å²) in [4.78, 5) is 13.2. The van der Waals surface area contributed by atoms with E-state index >= 15 is 0 Å². The molecule has 0 saturated heterocycles. The number of carbonyl (C=O) groups excluding carboxylic acids is 1. The van der Waals surface area contributed by atoms with Crippen LogP contribution in [-0.2, 0) is 11.3 Å². The third-order valence-electron chi connectivity index (χ3n) is 2.89. The molecule has 21 heavy (non-hydrogen) atoms. The molecule has 110 valence electrons. The molecule has 0 amide bonds. The molecule has 0 saturated carbocycles. The molecule has 0 N–H and O–H groups in total. The average Bonchev–Trinajstić information content (AvgIpc) is 2.52. The number of methoxy groups -OCH3 is 1. The van der Waals surface area contributed by atoms with E-state index < -0.39 is 5.97 Å². The first-order valence-electron chi connectivity index (χ1n) is 6.27. The number of rotatable bonds is 5. The molecule has 0 radical (unpaired) electrons. The monoisotopic (exact) mass is 322 g/mol. The van der Waals surface area contributed by atoms with Crippen LogP contribution in [0, 0.1) is 0 Å². The van der Waals surface area contributed by atoms with Crippen LogP contribution in [0.5, 0.6) is 5.75 Å². The summed E-state index contributed by atoms with van der Waals surface area (Å²) in [5.74, 6) is 0.0948. The van der Waals surface area contributed by atoms with Crippen molar-refractivity contribution in [3.8, 4) is 5.75 Å². The van der Waals surface area contributed by atoms with Gasteiger partial charge in [-0.25, -0.2) is 4.79 Å². The van der Waals surface area contributed by atoms with E-state index in [1.165, 1.54) is 7.11 Å². The number of carbonyl (C=O) groups is 1. The molecule has 0 aromatic heterocycles. The lowest BCUT2D eigenvalue weighted by molar-refractivity contribution is 0.0469. The highest BCUT2D eigenvalue weighted by atomic mass is 35.5. The summed E-state index contributed by atoms with van der Waals surface area (Å²) in [6.07, 6.45) is 1.96. The van der Waals surface area contributed by atoms with E-state index in [4.69, 9.17) is 21.1 Å². The minimum Gasteiger partial charge on any atom is -0.496 e. The number of ether oxygens (including phenoxy) is 2. The molecule has 0 fully saturated rings. The molecule has 0 atom stereocenters. The number of hydrogen-bond acceptors (Lipinski definition) is 4. The van der Waals surface area contributed by atoms with Gasteiger partial charge < -0.3 is 9.47 Å². The Kier molecular flexibility index (Phi) is 5.53. The molecule has 0 aliphatic heterocycles. The Morgan fingerprint density at radius 3 is 2.71 bits per heavy atom. The lowest BCUT2D eigenvalue weighted by Crippen LogP contribution is -2.07. The lowest BCUT2D eigenvalue weighted by atomic mass is 10.2. The topological polar surface area (TPSA) is 35.5 Å². The summed E-state index contributed by atoms with van der Waals surface area (Å²) in [7, 11) is 1.53. The predicted molar refractivity (Wildman–Crippen MR) is 85.3 cm³/mol. The molecule has 3 nitrogen and oxygen atoms in total. The number of halogens is 1. The van der Waals surface area contributed by atoms with Gasteiger partial charge in [0.15, 0.2) is 0 Å². The van der Waals surface area contributed by atoms with Gasteiger partial charge in [-0.2, -0.15) is 0 Å². The van der Waals surface area contributed by atoms with E-state index in [1.807, 2.05) is 30.5 Å².